The van der Waals surface area contributed by atoms with Crippen molar-refractivity contribution < 1.29 is 23.1 Å². The minimum atomic E-state index is -4.51. The van der Waals surface area contributed by atoms with E-state index in [2.05, 4.69) is 15.4 Å². The molecule has 0 saturated heterocycles. The van der Waals surface area contributed by atoms with Crippen LogP contribution in [0.4, 0.5) is 24.7 Å². The lowest BCUT2D eigenvalue weighted by Gasteiger charge is -2.18. The molecular weight excluding hydrogens is 363 g/mol. The highest BCUT2D eigenvalue weighted by Crippen LogP contribution is 2.33. The smallest absolute Gasteiger partial charge is 0.416 e. The van der Waals surface area contributed by atoms with Crippen molar-refractivity contribution in [3.8, 4) is 0 Å². The number of aryl methyl sites for hydroxylation is 1. The molecule has 0 amide bonds. The Bertz CT molecular complexity index is 1030. The molecule has 10 heteroatoms. The van der Waals surface area contributed by atoms with E-state index < -0.39 is 23.8 Å². The number of nitrogen functional groups attached to an aromatic ring is 1. The average Bonchev–Trinajstić information content (AvgIpc) is 2.97. The van der Waals surface area contributed by atoms with Crippen molar-refractivity contribution in [1.82, 2.24) is 14.6 Å². The number of halogens is 3. The summed E-state index contributed by atoms with van der Waals surface area (Å²) in [5.74, 6) is -0.889. The number of carbonyl (C=O) groups is 1. The van der Waals surface area contributed by atoms with Crippen molar-refractivity contribution in [1.29, 1.82) is 0 Å². The first-order valence-electron chi connectivity index (χ1n) is 7.89. The summed E-state index contributed by atoms with van der Waals surface area (Å²) in [6.45, 7) is 3.35. The van der Waals surface area contributed by atoms with Crippen LogP contribution in [0.1, 0.15) is 40.3 Å². The van der Waals surface area contributed by atoms with Gasteiger partial charge in [-0.1, -0.05) is 0 Å². The zero-order valence-corrected chi connectivity index (χ0v) is 14.4. The first kappa shape index (κ1) is 18.5. The largest absolute Gasteiger partial charge is 0.476 e. The van der Waals surface area contributed by atoms with Crippen LogP contribution in [0.15, 0.2) is 30.5 Å². The SMILES string of the molecule is Cc1cn2nc(C(=O)O)cc2c(N[C@H](C)c2cc(N)cc(C(F)(F)F)c2)n1. The van der Waals surface area contributed by atoms with E-state index in [1.54, 1.807) is 20.0 Å². The van der Waals surface area contributed by atoms with Crippen LogP contribution in [0.3, 0.4) is 0 Å². The van der Waals surface area contributed by atoms with Crippen molar-refractivity contribution in [3.05, 3.63) is 53.0 Å². The lowest BCUT2D eigenvalue weighted by atomic mass is 10.0. The van der Waals surface area contributed by atoms with Gasteiger partial charge in [0.2, 0.25) is 0 Å². The first-order chi connectivity index (χ1) is 12.5. The van der Waals surface area contributed by atoms with Crippen LogP contribution in [0.25, 0.3) is 5.52 Å². The number of nitrogens with two attached hydrogens (primary N) is 1. The number of hydrogen-bond acceptors (Lipinski definition) is 5. The molecule has 1 atom stereocenters. The fraction of sp³-hybridized carbons (Fsp3) is 0.235. The molecule has 142 valence electrons. The second kappa shape index (κ2) is 6.45. The number of rotatable bonds is 4. The third-order valence-corrected chi connectivity index (χ3v) is 3.95. The molecule has 0 aliphatic rings. The number of hydrogen-bond donors (Lipinski definition) is 3. The molecule has 3 aromatic rings. The van der Waals surface area contributed by atoms with Crippen LogP contribution in [-0.2, 0) is 6.18 Å². The minimum absolute atomic E-state index is 0.00617. The van der Waals surface area contributed by atoms with Gasteiger partial charge >= 0.3 is 12.1 Å². The third-order valence-electron chi connectivity index (χ3n) is 3.95. The molecule has 1 aromatic carbocycles. The van der Waals surface area contributed by atoms with Gasteiger partial charge in [-0.25, -0.2) is 14.3 Å². The Morgan fingerprint density at radius 3 is 2.63 bits per heavy atom. The molecule has 0 unspecified atom stereocenters. The summed E-state index contributed by atoms with van der Waals surface area (Å²) < 4.78 is 40.4. The fourth-order valence-corrected chi connectivity index (χ4v) is 2.70. The van der Waals surface area contributed by atoms with Gasteiger partial charge in [-0.15, -0.1) is 0 Å². The number of nitrogens with one attached hydrogen (secondary N) is 1. The van der Waals surface area contributed by atoms with Gasteiger partial charge in [0.25, 0.3) is 0 Å². The molecule has 0 saturated carbocycles. The molecule has 3 rings (SSSR count). The number of aromatic nitrogens is 3. The van der Waals surface area contributed by atoms with Crippen molar-refractivity contribution in [3.63, 3.8) is 0 Å². The van der Waals surface area contributed by atoms with Gasteiger partial charge in [-0.3, -0.25) is 0 Å². The standard InChI is InChI=1S/C17H16F3N5O2/c1-8-7-25-14(6-13(24-25)16(26)27)15(22-8)23-9(2)10-3-11(17(18,19)20)5-12(21)4-10/h3-7,9H,21H2,1-2H3,(H,22,23)(H,26,27)/t9-/m1/s1. The van der Waals surface area contributed by atoms with Gasteiger partial charge in [0.1, 0.15) is 5.52 Å². The minimum Gasteiger partial charge on any atom is -0.476 e. The Morgan fingerprint density at radius 1 is 1.30 bits per heavy atom. The normalized spacial score (nSPS) is 12.9. The van der Waals surface area contributed by atoms with E-state index in [0.717, 1.165) is 12.1 Å². The predicted octanol–water partition coefficient (Wildman–Crippen LogP) is 3.51. The van der Waals surface area contributed by atoms with Crippen LogP contribution in [0, 0.1) is 6.92 Å². The number of anilines is 2. The summed E-state index contributed by atoms with van der Waals surface area (Å²) in [6.07, 6.45) is -2.96. The summed E-state index contributed by atoms with van der Waals surface area (Å²) in [6, 6.07) is 4.09. The molecule has 0 aliphatic carbocycles. The number of aromatic carboxylic acids is 1. The summed E-state index contributed by atoms with van der Waals surface area (Å²) in [4.78, 5) is 15.5. The highest BCUT2D eigenvalue weighted by molar-refractivity contribution is 5.88. The van der Waals surface area contributed by atoms with Crippen molar-refractivity contribution in [2.45, 2.75) is 26.1 Å². The molecule has 0 radical (unpaired) electrons. The number of alkyl halides is 3. The fourth-order valence-electron chi connectivity index (χ4n) is 2.70. The topological polar surface area (TPSA) is 106 Å². The van der Waals surface area contributed by atoms with Gasteiger partial charge in [-0.2, -0.15) is 18.3 Å². The van der Waals surface area contributed by atoms with Gasteiger partial charge in [0, 0.05) is 11.8 Å². The Morgan fingerprint density at radius 2 is 2.00 bits per heavy atom. The maximum absolute atomic E-state index is 13.0. The van der Waals surface area contributed by atoms with E-state index in [9.17, 15) is 18.0 Å². The monoisotopic (exact) mass is 379 g/mol. The van der Waals surface area contributed by atoms with Crippen molar-refractivity contribution in [2.75, 3.05) is 11.1 Å². The molecule has 2 heterocycles. The number of carboxylic acid groups (broad SMARTS) is 1. The van der Waals surface area contributed by atoms with Gasteiger partial charge in [0.05, 0.1) is 23.5 Å². The molecule has 0 fully saturated rings. The molecule has 0 spiro atoms. The van der Waals surface area contributed by atoms with Gasteiger partial charge in [0.15, 0.2) is 11.5 Å². The van der Waals surface area contributed by atoms with E-state index in [1.807, 2.05) is 0 Å². The van der Waals surface area contributed by atoms with Crippen LogP contribution in [0.2, 0.25) is 0 Å². The van der Waals surface area contributed by atoms with Gasteiger partial charge in [-0.05, 0) is 37.6 Å². The molecule has 4 N–H and O–H groups in total. The van der Waals surface area contributed by atoms with E-state index in [-0.39, 0.29) is 11.4 Å². The second-order valence-electron chi connectivity index (χ2n) is 6.15. The summed E-state index contributed by atoms with van der Waals surface area (Å²) in [5.41, 5.74) is 5.87. The Balaban J connectivity index is 2.00. The summed E-state index contributed by atoms with van der Waals surface area (Å²) in [5, 5.41) is 16.1. The predicted molar refractivity (Wildman–Crippen MR) is 92.6 cm³/mol. The van der Waals surface area contributed by atoms with Crippen LogP contribution in [0.5, 0.6) is 0 Å². The average molecular weight is 379 g/mol. The Labute approximate surface area is 151 Å². The molecule has 27 heavy (non-hydrogen) atoms. The summed E-state index contributed by atoms with van der Waals surface area (Å²) >= 11 is 0. The Kier molecular flexibility index (Phi) is 4.42. The zero-order valence-electron chi connectivity index (χ0n) is 14.4. The highest BCUT2D eigenvalue weighted by atomic mass is 19.4. The number of fused-ring (bicyclic) bond motifs is 1. The van der Waals surface area contributed by atoms with E-state index in [4.69, 9.17) is 10.8 Å². The van der Waals surface area contributed by atoms with Gasteiger partial charge < -0.3 is 16.2 Å². The first-order valence-corrected chi connectivity index (χ1v) is 7.89. The number of nitrogens with zero attached hydrogens (tertiary/aromatic N) is 3. The molecule has 2 aromatic heterocycles. The van der Waals surface area contributed by atoms with E-state index in [1.165, 1.54) is 16.6 Å². The van der Waals surface area contributed by atoms with Crippen molar-refractivity contribution >= 4 is 23.0 Å². The molecular formula is C17H16F3N5O2. The highest BCUT2D eigenvalue weighted by Gasteiger charge is 2.31. The molecule has 7 nitrogen and oxygen atoms in total. The lowest BCUT2D eigenvalue weighted by Crippen LogP contribution is -2.13. The van der Waals surface area contributed by atoms with Crippen LogP contribution < -0.4 is 11.1 Å². The van der Waals surface area contributed by atoms with Crippen LogP contribution in [-0.4, -0.2) is 25.7 Å². The van der Waals surface area contributed by atoms with Crippen molar-refractivity contribution in [2.24, 2.45) is 0 Å². The number of carboxylic acids is 1. The van der Waals surface area contributed by atoms with E-state index >= 15 is 0 Å². The second-order valence-corrected chi connectivity index (χ2v) is 6.15. The lowest BCUT2D eigenvalue weighted by molar-refractivity contribution is -0.137. The third kappa shape index (κ3) is 3.78. The zero-order chi connectivity index (χ0) is 19.9. The molecule has 0 bridgehead atoms. The maximum Gasteiger partial charge on any atom is 0.416 e. The number of benzene rings is 1. The molecule has 0 aliphatic heterocycles. The van der Waals surface area contributed by atoms with Crippen LogP contribution >= 0.6 is 0 Å². The maximum atomic E-state index is 13.0. The quantitative estimate of drug-likeness (QED) is 0.599. The Hall–Kier alpha value is -3.30. The van der Waals surface area contributed by atoms with E-state index in [0.29, 0.717) is 22.6 Å². The summed E-state index contributed by atoms with van der Waals surface area (Å²) in [7, 11) is 0.